The zero-order chi connectivity index (χ0) is 11.4. The van der Waals surface area contributed by atoms with Crippen molar-refractivity contribution < 1.29 is 4.74 Å². The maximum atomic E-state index is 5.12. The van der Waals surface area contributed by atoms with Crippen LogP contribution in [-0.4, -0.2) is 7.11 Å². The van der Waals surface area contributed by atoms with Gasteiger partial charge in [-0.25, -0.2) is 0 Å². The number of hydrogen-bond acceptors (Lipinski definition) is 1. The van der Waals surface area contributed by atoms with Crippen molar-refractivity contribution in [1.29, 1.82) is 0 Å². The zero-order valence-electron chi connectivity index (χ0n) is 8.98. The molecule has 0 spiro atoms. The lowest BCUT2D eigenvalue weighted by atomic mass is 10.1. The average molecular weight is 276 g/mol. The van der Waals surface area contributed by atoms with Crippen LogP contribution >= 0.6 is 15.9 Å². The third kappa shape index (κ3) is 2.86. The Morgan fingerprint density at radius 2 is 1.75 bits per heavy atom. The van der Waals surface area contributed by atoms with Gasteiger partial charge in [0.1, 0.15) is 5.75 Å². The smallest absolute Gasteiger partial charge is 0.118 e. The molecule has 0 saturated heterocycles. The molecule has 0 saturated carbocycles. The molecular formula is C14H12BrO. The van der Waals surface area contributed by atoms with Crippen LogP contribution in [0.25, 0.3) is 0 Å². The molecule has 1 radical (unpaired) electrons. The second-order valence-electron chi connectivity index (χ2n) is 3.47. The highest BCUT2D eigenvalue weighted by Crippen LogP contribution is 2.18. The molecule has 2 aromatic carbocycles. The van der Waals surface area contributed by atoms with E-state index < -0.39 is 0 Å². The van der Waals surface area contributed by atoms with Crippen LogP contribution in [0.5, 0.6) is 5.75 Å². The summed E-state index contributed by atoms with van der Waals surface area (Å²) in [5, 5.41) is 0. The lowest BCUT2D eigenvalue weighted by Gasteiger charge is -2.03. The predicted octanol–water partition coefficient (Wildman–Crippen LogP) is 4.06. The molecule has 0 unspecified atom stereocenters. The molecule has 0 heterocycles. The fourth-order valence-corrected chi connectivity index (χ4v) is 1.91. The van der Waals surface area contributed by atoms with Crippen LogP contribution < -0.4 is 4.74 Å². The summed E-state index contributed by atoms with van der Waals surface area (Å²) in [4.78, 5) is 0. The fraction of sp³-hybridized carbons (Fsp3) is 0.0714. The van der Waals surface area contributed by atoms with Crippen molar-refractivity contribution in [2.24, 2.45) is 0 Å². The van der Waals surface area contributed by atoms with Gasteiger partial charge in [-0.15, -0.1) is 0 Å². The van der Waals surface area contributed by atoms with Crippen LogP contribution in [0.1, 0.15) is 11.1 Å². The molecule has 0 N–H and O–H groups in total. The molecule has 2 rings (SSSR count). The summed E-state index contributed by atoms with van der Waals surface area (Å²) in [7, 11) is 1.67. The van der Waals surface area contributed by atoms with E-state index in [1.807, 2.05) is 36.4 Å². The highest BCUT2D eigenvalue weighted by molar-refractivity contribution is 9.10. The first-order valence-electron chi connectivity index (χ1n) is 5.02. The van der Waals surface area contributed by atoms with Gasteiger partial charge in [0.15, 0.2) is 0 Å². The molecule has 0 bridgehead atoms. The van der Waals surface area contributed by atoms with Crippen molar-refractivity contribution in [3.8, 4) is 5.75 Å². The highest BCUT2D eigenvalue weighted by atomic mass is 79.9. The first kappa shape index (κ1) is 11.2. The van der Waals surface area contributed by atoms with Gasteiger partial charge in [0.05, 0.1) is 7.11 Å². The summed E-state index contributed by atoms with van der Waals surface area (Å²) in [6, 6.07) is 16.2. The number of rotatable bonds is 3. The van der Waals surface area contributed by atoms with Gasteiger partial charge in [-0.3, -0.25) is 0 Å². The zero-order valence-corrected chi connectivity index (χ0v) is 10.6. The Balaban J connectivity index is 2.14. The summed E-state index contributed by atoms with van der Waals surface area (Å²) in [5.41, 5.74) is 2.35. The minimum atomic E-state index is 0.881. The van der Waals surface area contributed by atoms with Crippen molar-refractivity contribution in [2.75, 3.05) is 7.11 Å². The van der Waals surface area contributed by atoms with Gasteiger partial charge in [0.2, 0.25) is 0 Å². The molecule has 0 aliphatic rings. The maximum absolute atomic E-state index is 5.12. The highest BCUT2D eigenvalue weighted by Gasteiger charge is 1.98. The van der Waals surface area contributed by atoms with Gasteiger partial charge < -0.3 is 4.74 Å². The molecule has 16 heavy (non-hydrogen) atoms. The first-order valence-corrected chi connectivity index (χ1v) is 5.81. The number of methoxy groups -OCH3 is 1. The van der Waals surface area contributed by atoms with E-state index in [0.29, 0.717) is 0 Å². The largest absolute Gasteiger partial charge is 0.497 e. The van der Waals surface area contributed by atoms with Crippen molar-refractivity contribution in [3.05, 3.63) is 70.6 Å². The Kier molecular flexibility index (Phi) is 3.62. The molecule has 0 amide bonds. The Labute approximate surface area is 104 Å². The van der Waals surface area contributed by atoms with Gasteiger partial charge in [-0.05, 0) is 35.4 Å². The van der Waals surface area contributed by atoms with Crippen molar-refractivity contribution >= 4 is 15.9 Å². The summed E-state index contributed by atoms with van der Waals surface area (Å²) in [5.74, 6) is 0.881. The summed E-state index contributed by atoms with van der Waals surface area (Å²) in [6.45, 7) is 0. The second-order valence-corrected chi connectivity index (χ2v) is 4.39. The Hall–Kier alpha value is -1.28. The summed E-state index contributed by atoms with van der Waals surface area (Å²) in [6.07, 6.45) is 2.13. The van der Waals surface area contributed by atoms with E-state index in [-0.39, 0.29) is 0 Å². The van der Waals surface area contributed by atoms with Crippen LogP contribution in [0.15, 0.2) is 53.0 Å². The van der Waals surface area contributed by atoms with E-state index in [9.17, 15) is 0 Å². The van der Waals surface area contributed by atoms with E-state index in [4.69, 9.17) is 4.74 Å². The molecule has 2 aromatic rings. The van der Waals surface area contributed by atoms with E-state index in [1.165, 1.54) is 11.1 Å². The monoisotopic (exact) mass is 275 g/mol. The van der Waals surface area contributed by atoms with E-state index >= 15 is 0 Å². The third-order valence-electron chi connectivity index (χ3n) is 2.30. The Morgan fingerprint density at radius 1 is 1.00 bits per heavy atom. The van der Waals surface area contributed by atoms with E-state index in [0.717, 1.165) is 10.2 Å². The fourth-order valence-electron chi connectivity index (χ4n) is 1.49. The van der Waals surface area contributed by atoms with Crippen LogP contribution in [-0.2, 0) is 0 Å². The van der Waals surface area contributed by atoms with Crippen LogP contribution in [0.4, 0.5) is 0 Å². The molecule has 0 aliphatic heterocycles. The summed E-state index contributed by atoms with van der Waals surface area (Å²) >= 11 is 3.46. The van der Waals surface area contributed by atoms with Gasteiger partial charge in [0.25, 0.3) is 0 Å². The van der Waals surface area contributed by atoms with Gasteiger partial charge in [-0.2, -0.15) is 0 Å². The predicted molar refractivity (Wildman–Crippen MR) is 69.6 cm³/mol. The van der Waals surface area contributed by atoms with Crippen molar-refractivity contribution in [1.82, 2.24) is 0 Å². The van der Waals surface area contributed by atoms with E-state index in [1.54, 1.807) is 7.11 Å². The molecule has 2 heteroatoms. The molecule has 0 atom stereocenters. The maximum Gasteiger partial charge on any atom is 0.118 e. The van der Waals surface area contributed by atoms with Gasteiger partial charge in [0, 0.05) is 10.9 Å². The topological polar surface area (TPSA) is 9.23 Å². The number of halogens is 1. The molecular weight excluding hydrogens is 264 g/mol. The number of hydrogen-bond donors (Lipinski definition) is 0. The second kappa shape index (κ2) is 5.17. The number of benzene rings is 2. The Bertz CT molecular complexity index is 462. The molecule has 0 aromatic heterocycles. The average Bonchev–Trinajstić information content (AvgIpc) is 2.30. The first-order chi connectivity index (χ1) is 7.78. The minimum absolute atomic E-state index is 0.881. The molecule has 0 aliphatic carbocycles. The van der Waals surface area contributed by atoms with E-state index in [2.05, 4.69) is 34.5 Å². The number of ether oxygens (including phenoxy) is 1. The molecule has 81 valence electrons. The van der Waals surface area contributed by atoms with Crippen LogP contribution in [0.3, 0.4) is 0 Å². The van der Waals surface area contributed by atoms with Gasteiger partial charge >= 0.3 is 0 Å². The summed E-state index contributed by atoms with van der Waals surface area (Å²) < 4.78 is 6.21. The van der Waals surface area contributed by atoms with Crippen LogP contribution in [0.2, 0.25) is 0 Å². The minimum Gasteiger partial charge on any atom is -0.497 e. The normalized spacial score (nSPS) is 10.1. The standard InChI is InChI=1S/C14H12BrO/c1-16-14-7-5-11(6-8-14)9-12-3-2-4-13(15)10-12/h2-10H,1H3. The van der Waals surface area contributed by atoms with Crippen LogP contribution in [0, 0.1) is 6.42 Å². The SMILES string of the molecule is COc1ccc([CH]c2cccc(Br)c2)cc1. The lowest BCUT2D eigenvalue weighted by Crippen LogP contribution is -1.86. The Morgan fingerprint density at radius 3 is 2.38 bits per heavy atom. The molecule has 0 fully saturated rings. The third-order valence-corrected chi connectivity index (χ3v) is 2.79. The lowest BCUT2D eigenvalue weighted by molar-refractivity contribution is 0.414. The van der Waals surface area contributed by atoms with Gasteiger partial charge in [-0.1, -0.05) is 40.2 Å². The quantitative estimate of drug-likeness (QED) is 0.821. The van der Waals surface area contributed by atoms with Crippen molar-refractivity contribution in [3.63, 3.8) is 0 Å². The molecule has 1 nitrogen and oxygen atoms in total. The van der Waals surface area contributed by atoms with Crippen molar-refractivity contribution in [2.45, 2.75) is 0 Å².